The van der Waals surface area contributed by atoms with Crippen molar-refractivity contribution in [1.29, 1.82) is 0 Å². The first-order chi connectivity index (χ1) is 9.61. The molecule has 0 aliphatic rings. The van der Waals surface area contributed by atoms with Crippen LogP contribution in [-0.2, 0) is 12.8 Å². The molecule has 0 spiro atoms. The van der Waals surface area contributed by atoms with Gasteiger partial charge in [0.25, 0.3) is 0 Å². The van der Waals surface area contributed by atoms with Crippen molar-refractivity contribution in [2.75, 3.05) is 5.75 Å². The van der Waals surface area contributed by atoms with Crippen LogP contribution in [0, 0.1) is 6.92 Å². The summed E-state index contributed by atoms with van der Waals surface area (Å²) < 4.78 is 0. The largest absolute Gasteiger partial charge is 0.478 e. The first-order valence-corrected chi connectivity index (χ1v) is 8.24. The minimum Gasteiger partial charge on any atom is -0.478 e. The summed E-state index contributed by atoms with van der Waals surface area (Å²) in [7, 11) is 0. The Morgan fingerprint density at radius 2 is 2.25 bits per heavy atom. The van der Waals surface area contributed by atoms with Crippen LogP contribution in [0.3, 0.4) is 0 Å². The number of carboxylic acid groups (broad SMARTS) is 1. The van der Waals surface area contributed by atoms with Crippen LogP contribution >= 0.6 is 23.1 Å². The van der Waals surface area contributed by atoms with E-state index in [9.17, 15) is 9.90 Å². The maximum absolute atomic E-state index is 11.3. The molecule has 0 fully saturated rings. The molecule has 2 rings (SSSR count). The molecule has 0 amide bonds. The zero-order valence-corrected chi connectivity index (χ0v) is 13.1. The van der Waals surface area contributed by atoms with Crippen molar-refractivity contribution in [1.82, 2.24) is 9.97 Å². The van der Waals surface area contributed by atoms with Gasteiger partial charge in [0.05, 0.1) is 5.69 Å². The molecule has 2 heterocycles. The lowest BCUT2D eigenvalue weighted by molar-refractivity contribution is 0.0690. The number of rotatable bonds is 6. The highest BCUT2D eigenvalue weighted by atomic mass is 32.2. The molecule has 0 aromatic carbocycles. The van der Waals surface area contributed by atoms with Crippen LogP contribution < -0.4 is 0 Å². The van der Waals surface area contributed by atoms with Crippen LogP contribution in [0.25, 0.3) is 0 Å². The standard InChI is InChI=1S/C14H16N2O2S2/c1-3-11-15-9(2)12(14(17)18)13(16-11)20-8-6-10-5-4-7-19-10/h4-5,7H,3,6,8H2,1-2H3,(H,17,18). The van der Waals surface area contributed by atoms with Gasteiger partial charge in [0.15, 0.2) is 0 Å². The predicted molar refractivity (Wildman–Crippen MR) is 81.9 cm³/mol. The van der Waals surface area contributed by atoms with Gasteiger partial charge in [-0.25, -0.2) is 14.8 Å². The fourth-order valence-corrected chi connectivity index (χ4v) is 3.72. The number of carbonyl (C=O) groups is 1. The minimum atomic E-state index is -0.955. The Labute approximate surface area is 126 Å². The number of aryl methyl sites for hydroxylation is 3. The van der Waals surface area contributed by atoms with Gasteiger partial charge in [-0.15, -0.1) is 23.1 Å². The second-order valence-electron chi connectivity index (χ2n) is 4.24. The number of hydrogen-bond acceptors (Lipinski definition) is 5. The Morgan fingerprint density at radius 3 is 2.85 bits per heavy atom. The molecule has 0 bridgehead atoms. The Hall–Kier alpha value is -1.40. The number of hydrogen-bond donors (Lipinski definition) is 1. The molecular weight excluding hydrogens is 292 g/mol. The quantitative estimate of drug-likeness (QED) is 0.654. The maximum atomic E-state index is 11.3. The second-order valence-corrected chi connectivity index (χ2v) is 6.36. The Kier molecular flexibility index (Phi) is 5.14. The first kappa shape index (κ1) is 15.0. The molecule has 0 aliphatic heterocycles. The molecule has 2 aromatic rings. The third kappa shape index (κ3) is 3.58. The van der Waals surface area contributed by atoms with E-state index in [1.54, 1.807) is 18.3 Å². The zero-order chi connectivity index (χ0) is 14.5. The van der Waals surface area contributed by atoms with Gasteiger partial charge in [-0.2, -0.15) is 0 Å². The highest BCUT2D eigenvalue weighted by molar-refractivity contribution is 7.99. The van der Waals surface area contributed by atoms with E-state index in [0.29, 0.717) is 23.0 Å². The van der Waals surface area contributed by atoms with Crippen LogP contribution in [0.2, 0.25) is 0 Å². The van der Waals surface area contributed by atoms with Gasteiger partial charge in [0.1, 0.15) is 16.4 Å². The predicted octanol–water partition coefficient (Wildman–Crippen LogP) is 3.44. The molecule has 6 heteroatoms. The van der Waals surface area contributed by atoms with Crippen LogP contribution in [0.4, 0.5) is 0 Å². The average Bonchev–Trinajstić information content (AvgIpc) is 2.90. The van der Waals surface area contributed by atoms with E-state index in [0.717, 1.165) is 12.2 Å². The lowest BCUT2D eigenvalue weighted by Crippen LogP contribution is -2.09. The summed E-state index contributed by atoms with van der Waals surface area (Å²) >= 11 is 3.21. The molecule has 0 saturated carbocycles. The Morgan fingerprint density at radius 1 is 1.45 bits per heavy atom. The highest BCUT2D eigenvalue weighted by Crippen LogP contribution is 2.24. The van der Waals surface area contributed by atoms with Crippen molar-refractivity contribution in [3.63, 3.8) is 0 Å². The molecule has 0 atom stereocenters. The number of thioether (sulfide) groups is 1. The van der Waals surface area contributed by atoms with Crippen LogP contribution in [0.15, 0.2) is 22.5 Å². The molecular formula is C14H16N2O2S2. The summed E-state index contributed by atoms with van der Waals surface area (Å²) in [6.45, 7) is 3.70. The van der Waals surface area contributed by atoms with Gasteiger partial charge >= 0.3 is 5.97 Å². The number of carboxylic acids is 1. The zero-order valence-electron chi connectivity index (χ0n) is 11.4. The number of nitrogens with zero attached hydrogens (tertiary/aromatic N) is 2. The molecule has 1 N–H and O–H groups in total. The molecule has 20 heavy (non-hydrogen) atoms. The van der Waals surface area contributed by atoms with E-state index in [-0.39, 0.29) is 5.56 Å². The van der Waals surface area contributed by atoms with Gasteiger partial charge in [-0.3, -0.25) is 0 Å². The molecule has 0 saturated heterocycles. The number of thiophene rings is 1. The smallest absolute Gasteiger partial charge is 0.340 e. The molecule has 2 aromatic heterocycles. The monoisotopic (exact) mass is 308 g/mol. The Bertz CT molecular complexity index is 597. The van der Waals surface area contributed by atoms with Gasteiger partial charge in [0, 0.05) is 17.1 Å². The molecule has 0 aliphatic carbocycles. The summed E-state index contributed by atoms with van der Waals surface area (Å²) in [4.78, 5) is 21.2. The van der Waals surface area contributed by atoms with Gasteiger partial charge in [-0.1, -0.05) is 13.0 Å². The Balaban J connectivity index is 2.16. The molecule has 4 nitrogen and oxygen atoms in total. The van der Waals surface area contributed by atoms with Crippen molar-refractivity contribution < 1.29 is 9.90 Å². The van der Waals surface area contributed by atoms with E-state index in [2.05, 4.69) is 16.0 Å². The lowest BCUT2D eigenvalue weighted by Gasteiger charge is -2.09. The van der Waals surface area contributed by atoms with Crippen LogP contribution in [0.1, 0.15) is 33.7 Å². The van der Waals surface area contributed by atoms with Crippen molar-refractivity contribution in [3.05, 3.63) is 39.5 Å². The molecule has 106 valence electrons. The molecule has 0 radical (unpaired) electrons. The number of aromatic carboxylic acids is 1. The lowest BCUT2D eigenvalue weighted by atomic mass is 10.2. The van der Waals surface area contributed by atoms with Gasteiger partial charge in [0.2, 0.25) is 0 Å². The van der Waals surface area contributed by atoms with Crippen LogP contribution in [0.5, 0.6) is 0 Å². The fraction of sp³-hybridized carbons (Fsp3) is 0.357. The van der Waals surface area contributed by atoms with Gasteiger partial charge < -0.3 is 5.11 Å². The third-order valence-corrected chi connectivity index (χ3v) is 4.71. The third-order valence-electron chi connectivity index (χ3n) is 2.80. The van der Waals surface area contributed by atoms with Crippen molar-refractivity contribution in [2.45, 2.75) is 31.7 Å². The van der Waals surface area contributed by atoms with Crippen molar-refractivity contribution >= 4 is 29.1 Å². The normalized spacial score (nSPS) is 10.7. The summed E-state index contributed by atoms with van der Waals surface area (Å²) in [5.74, 6) is 0.565. The summed E-state index contributed by atoms with van der Waals surface area (Å²) in [5.41, 5.74) is 0.779. The van der Waals surface area contributed by atoms with E-state index in [4.69, 9.17) is 0 Å². The van der Waals surface area contributed by atoms with Crippen molar-refractivity contribution in [2.24, 2.45) is 0 Å². The second kappa shape index (κ2) is 6.85. The number of aromatic nitrogens is 2. The SMILES string of the molecule is CCc1nc(C)c(C(=O)O)c(SCCc2cccs2)n1. The first-order valence-electron chi connectivity index (χ1n) is 6.37. The highest BCUT2D eigenvalue weighted by Gasteiger charge is 2.17. The topological polar surface area (TPSA) is 63.1 Å². The fourth-order valence-electron chi connectivity index (χ4n) is 1.81. The molecule has 0 unspecified atom stereocenters. The van der Waals surface area contributed by atoms with E-state index in [1.165, 1.54) is 16.6 Å². The van der Waals surface area contributed by atoms with Crippen molar-refractivity contribution in [3.8, 4) is 0 Å². The average molecular weight is 308 g/mol. The van der Waals surface area contributed by atoms with Crippen LogP contribution in [-0.4, -0.2) is 26.8 Å². The minimum absolute atomic E-state index is 0.235. The van der Waals surface area contributed by atoms with Gasteiger partial charge in [-0.05, 0) is 24.8 Å². The summed E-state index contributed by atoms with van der Waals surface area (Å²) in [6.07, 6.45) is 1.63. The van der Waals surface area contributed by atoms with E-state index < -0.39 is 5.97 Å². The maximum Gasteiger partial charge on any atom is 0.340 e. The van der Waals surface area contributed by atoms with E-state index in [1.807, 2.05) is 18.4 Å². The summed E-state index contributed by atoms with van der Waals surface area (Å²) in [5, 5.41) is 11.9. The van der Waals surface area contributed by atoms with E-state index >= 15 is 0 Å². The summed E-state index contributed by atoms with van der Waals surface area (Å²) in [6, 6.07) is 4.11.